The largest absolute Gasteiger partial charge is 0.319 e. The van der Waals surface area contributed by atoms with Crippen LogP contribution in [-0.2, 0) is 18.5 Å². The van der Waals surface area contributed by atoms with E-state index in [-0.39, 0.29) is 5.54 Å². The molecule has 1 aromatic rings. The van der Waals surface area contributed by atoms with Crippen LogP contribution in [0.25, 0.3) is 0 Å². The second-order valence-corrected chi connectivity index (χ2v) is 6.32. The lowest BCUT2D eigenvalue weighted by Gasteiger charge is -2.20. The summed E-state index contributed by atoms with van der Waals surface area (Å²) in [5.41, 5.74) is 7.68. The van der Waals surface area contributed by atoms with E-state index in [1.54, 1.807) is 0 Å². The highest BCUT2D eigenvalue weighted by atomic mass is 32.1. The van der Waals surface area contributed by atoms with Gasteiger partial charge in [0.05, 0.1) is 11.2 Å². The Morgan fingerprint density at radius 2 is 2.12 bits per heavy atom. The minimum atomic E-state index is -0.0966. The maximum atomic E-state index is 6.46. The minimum Gasteiger partial charge on any atom is -0.319 e. The minimum absolute atomic E-state index is 0.0966. The zero-order valence-electron chi connectivity index (χ0n) is 9.83. The number of nitrogens with zero attached hydrogens (tertiary/aromatic N) is 2. The first-order chi connectivity index (χ1) is 7.67. The molecule has 0 aromatic carbocycles. The molecular weight excluding hydrogens is 218 g/mol. The maximum absolute atomic E-state index is 6.46. The number of nitrogens with two attached hydrogens (primary N) is 1. The quantitative estimate of drug-likeness (QED) is 0.810. The van der Waals surface area contributed by atoms with Gasteiger partial charge in [0.25, 0.3) is 0 Å². The van der Waals surface area contributed by atoms with Gasteiger partial charge in [-0.2, -0.15) is 0 Å². The highest BCUT2D eigenvalue weighted by Gasteiger charge is 2.35. The summed E-state index contributed by atoms with van der Waals surface area (Å²) in [6.45, 7) is 2.19. The SMILES string of the molecule is CN1CCc2nc(C3(N)CCCC3)sc2C1. The average molecular weight is 237 g/mol. The van der Waals surface area contributed by atoms with Crippen molar-refractivity contribution in [2.75, 3.05) is 13.6 Å². The molecule has 2 N–H and O–H groups in total. The van der Waals surface area contributed by atoms with Gasteiger partial charge in [-0.15, -0.1) is 11.3 Å². The van der Waals surface area contributed by atoms with Crippen molar-refractivity contribution in [3.8, 4) is 0 Å². The Morgan fingerprint density at radius 1 is 1.38 bits per heavy atom. The van der Waals surface area contributed by atoms with E-state index in [1.807, 2.05) is 11.3 Å². The summed E-state index contributed by atoms with van der Waals surface area (Å²) in [6.07, 6.45) is 5.87. The van der Waals surface area contributed by atoms with Gasteiger partial charge in [-0.1, -0.05) is 12.8 Å². The number of likely N-dealkylation sites (N-methyl/N-ethyl adjacent to an activating group) is 1. The third-order valence-electron chi connectivity index (χ3n) is 3.84. The van der Waals surface area contributed by atoms with Crippen molar-refractivity contribution >= 4 is 11.3 Å². The lowest BCUT2D eigenvalue weighted by atomic mass is 10.0. The van der Waals surface area contributed by atoms with E-state index < -0.39 is 0 Å². The first-order valence-corrected chi connectivity index (χ1v) is 6.95. The maximum Gasteiger partial charge on any atom is 0.113 e. The molecule has 2 aliphatic rings. The number of hydrogen-bond acceptors (Lipinski definition) is 4. The summed E-state index contributed by atoms with van der Waals surface area (Å²) < 4.78 is 0. The van der Waals surface area contributed by atoms with Crippen molar-refractivity contribution in [2.24, 2.45) is 5.73 Å². The second kappa shape index (κ2) is 3.79. The molecule has 1 fully saturated rings. The van der Waals surface area contributed by atoms with Crippen LogP contribution < -0.4 is 5.73 Å². The van der Waals surface area contributed by atoms with Gasteiger partial charge in [0.2, 0.25) is 0 Å². The zero-order valence-corrected chi connectivity index (χ0v) is 10.6. The van der Waals surface area contributed by atoms with Gasteiger partial charge in [0.15, 0.2) is 0 Å². The van der Waals surface area contributed by atoms with E-state index in [4.69, 9.17) is 10.7 Å². The van der Waals surface area contributed by atoms with Gasteiger partial charge in [-0.05, 0) is 19.9 Å². The summed E-state index contributed by atoms with van der Waals surface area (Å²) in [7, 11) is 2.18. The second-order valence-electron chi connectivity index (χ2n) is 5.24. The van der Waals surface area contributed by atoms with E-state index >= 15 is 0 Å². The van der Waals surface area contributed by atoms with Crippen LogP contribution in [0.1, 0.15) is 41.3 Å². The molecule has 1 aliphatic carbocycles. The van der Waals surface area contributed by atoms with Crippen molar-refractivity contribution in [3.05, 3.63) is 15.6 Å². The van der Waals surface area contributed by atoms with Crippen molar-refractivity contribution in [2.45, 2.75) is 44.2 Å². The Hall–Kier alpha value is -0.450. The monoisotopic (exact) mass is 237 g/mol. The Morgan fingerprint density at radius 3 is 2.88 bits per heavy atom. The molecule has 3 nitrogen and oxygen atoms in total. The Bertz CT molecular complexity index is 393. The number of thiazole rings is 1. The third kappa shape index (κ3) is 1.69. The zero-order chi connectivity index (χ0) is 11.2. The normalized spacial score (nSPS) is 24.6. The van der Waals surface area contributed by atoms with Gasteiger partial charge < -0.3 is 10.6 Å². The van der Waals surface area contributed by atoms with Crippen LogP contribution in [0.3, 0.4) is 0 Å². The lowest BCUT2D eigenvalue weighted by Crippen LogP contribution is -2.32. The summed E-state index contributed by atoms with van der Waals surface area (Å²) in [6, 6.07) is 0. The predicted octanol–water partition coefficient (Wildman–Crippen LogP) is 1.86. The summed E-state index contributed by atoms with van der Waals surface area (Å²) in [5.74, 6) is 0. The molecule has 1 aromatic heterocycles. The van der Waals surface area contributed by atoms with E-state index in [9.17, 15) is 0 Å². The number of aromatic nitrogens is 1. The molecule has 0 saturated heterocycles. The molecule has 0 amide bonds. The van der Waals surface area contributed by atoms with Crippen LogP contribution in [0, 0.1) is 0 Å². The van der Waals surface area contributed by atoms with Gasteiger partial charge in [0.1, 0.15) is 5.01 Å². The Labute approximate surface area is 101 Å². The topological polar surface area (TPSA) is 42.2 Å². The van der Waals surface area contributed by atoms with Gasteiger partial charge in [-0.25, -0.2) is 4.98 Å². The molecule has 0 spiro atoms. The van der Waals surface area contributed by atoms with E-state index in [1.165, 1.54) is 28.4 Å². The van der Waals surface area contributed by atoms with Crippen molar-refractivity contribution in [1.82, 2.24) is 9.88 Å². The lowest BCUT2D eigenvalue weighted by molar-refractivity contribution is 0.314. The molecule has 0 radical (unpaired) electrons. The highest BCUT2D eigenvalue weighted by molar-refractivity contribution is 7.11. The number of rotatable bonds is 1. The van der Waals surface area contributed by atoms with E-state index in [0.29, 0.717) is 0 Å². The van der Waals surface area contributed by atoms with Crippen LogP contribution in [0.2, 0.25) is 0 Å². The first-order valence-electron chi connectivity index (χ1n) is 6.14. The van der Waals surface area contributed by atoms with Crippen LogP contribution in [0.5, 0.6) is 0 Å². The fraction of sp³-hybridized carbons (Fsp3) is 0.750. The fourth-order valence-corrected chi connectivity index (χ4v) is 4.10. The summed E-state index contributed by atoms with van der Waals surface area (Å²) in [4.78, 5) is 8.61. The van der Waals surface area contributed by atoms with Crippen molar-refractivity contribution in [3.63, 3.8) is 0 Å². The highest BCUT2D eigenvalue weighted by Crippen LogP contribution is 2.39. The molecule has 1 saturated carbocycles. The van der Waals surface area contributed by atoms with Crippen molar-refractivity contribution < 1.29 is 0 Å². The fourth-order valence-electron chi connectivity index (χ4n) is 2.76. The average Bonchev–Trinajstić information content (AvgIpc) is 2.84. The molecule has 4 heteroatoms. The number of fused-ring (bicyclic) bond motifs is 1. The van der Waals surface area contributed by atoms with Crippen LogP contribution in [0.4, 0.5) is 0 Å². The molecule has 0 atom stereocenters. The van der Waals surface area contributed by atoms with Crippen LogP contribution in [-0.4, -0.2) is 23.5 Å². The van der Waals surface area contributed by atoms with Gasteiger partial charge in [0, 0.05) is 24.4 Å². The van der Waals surface area contributed by atoms with Crippen LogP contribution in [0.15, 0.2) is 0 Å². The summed E-state index contributed by atoms with van der Waals surface area (Å²) in [5, 5.41) is 1.20. The van der Waals surface area contributed by atoms with E-state index in [0.717, 1.165) is 32.4 Å². The number of hydrogen-bond donors (Lipinski definition) is 1. The standard InChI is InChI=1S/C12H19N3S/c1-15-7-4-9-10(8-15)16-11(14-9)12(13)5-2-3-6-12/h2-8,13H2,1H3. The van der Waals surface area contributed by atoms with Crippen LogP contribution >= 0.6 is 11.3 Å². The molecule has 2 heterocycles. The molecule has 88 valence electrons. The molecule has 0 bridgehead atoms. The Balaban J connectivity index is 1.92. The Kier molecular flexibility index (Phi) is 2.53. The smallest absolute Gasteiger partial charge is 0.113 e. The first kappa shape index (κ1) is 10.7. The van der Waals surface area contributed by atoms with Gasteiger partial charge in [-0.3, -0.25) is 0 Å². The predicted molar refractivity (Wildman–Crippen MR) is 66.5 cm³/mol. The molecule has 0 unspecified atom stereocenters. The molecule has 3 rings (SSSR count). The van der Waals surface area contributed by atoms with E-state index in [2.05, 4.69) is 11.9 Å². The van der Waals surface area contributed by atoms with Crippen molar-refractivity contribution in [1.29, 1.82) is 0 Å². The molecular formula is C12H19N3S. The summed E-state index contributed by atoms with van der Waals surface area (Å²) >= 11 is 1.86. The van der Waals surface area contributed by atoms with Gasteiger partial charge >= 0.3 is 0 Å². The third-order valence-corrected chi connectivity index (χ3v) is 5.15. The molecule has 1 aliphatic heterocycles. The molecule has 16 heavy (non-hydrogen) atoms.